The van der Waals surface area contributed by atoms with Crippen molar-refractivity contribution in [3.05, 3.63) is 83.0 Å². The van der Waals surface area contributed by atoms with Crippen molar-refractivity contribution in [1.82, 2.24) is 19.5 Å². The molecule has 0 amide bonds. The van der Waals surface area contributed by atoms with Gasteiger partial charge in [0.05, 0.1) is 17.1 Å². The zero-order chi connectivity index (χ0) is 26.0. The van der Waals surface area contributed by atoms with E-state index < -0.39 is 8.07 Å². The van der Waals surface area contributed by atoms with Gasteiger partial charge in [-0.05, 0) is 47.0 Å². The van der Waals surface area contributed by atoms with Gasteiger partial charge in [0.25, 0.3) is 0 Å². The minimum atomic E-state index is -1.19. The second-order valence-corrected chi connectivity index (χ2v) is 16.5. The Kier molecular flexibility index (Phi) is 7.49. The molecule has 190 valence electrons. The van der Waals surface area contributed by atoms with E-state index in [1.54, 1.807) is 6.20 Å². The van der Waals surface area contributed by atoms with Crippen LogP contribution in [0.2, 0.25) is 36.1 Å². The van der Waals surface area contributed by atoms with E-state index in [1.807, 2.05) is 59.3 Å². The lowest BCUT2D eigenvalue weighted by atomic mass is 10.0. The molecule has 0 aliphatic rings. The maximum absolute atomic E-state index is 6.58. The Morgan fingerprint density at radius 1 is 0.973 bits per heavy atom. The van der Waals surface area contributed by atoms with Crippen molar-refractivity contribution in [1.29, 1.82) is 0 Å². The molecule has 5 rings (SSSR count). The van der Waals surface area contributed by atoms with Gasteiger partial charge >= 0.3 is 0 Å². The third kappa shape index (κ3) is 6.13. The summed E-state index contributed by atoms with van der Waals surface area (Å²) in [4.78, 5) is 13.2. The molecule has 6 nitrogen and oxygen atoms in total. The SMILES string of the molecule is C[Si](C)(C)CCOCn1cc(-c2ccc3ncc(OCc4ccccc4)cc3c2)c2c(Cl)nc(Cl)nc21. The van der Waals surface area contributed by atoms with Gasteiger partial charge < -0.3 is 14.0 Å². The number of ether oxygens (including phenoxy) is 2. The Morgan fingerprint density at radius 3 is 2.57 bits per heavy atom. The topological polar surface area (TPSA) is 62.1 Å². The number of aromatic nitrogens is 4. The van der Waals surface area contributed by atoms with E-state index in [0.717, 1.165) is 39.0 Å². The number of fused-ring (bicyclic) bond motifs is 2. The third-order valence-corrected chi connectivity index (χ3v) is 8.23. The van der Waals surface area contributed by atoms with E-state index in [9.17, 15) is 0 Å². The molecule has 0 aliphatic carbocycles. The third-order valence-electron chi connectivity index (χ3n) is 6.09. The van der Waals surface area contributed by atoms with Crippen LogP contribution in [0.25, 0.3) is 33.1 Å². The molecular weight excluding hydrogens is 523 g/mol. The van der Waals surface area contributed by atoms with Crippen LogP contribution < -0.4 is 4.74 Å². The van der Waals surface area contributed by atoms with Gasteiger partial charge in [-0.2, -0.15) is 4.98 Å². The minimum Gasteiger partial charge on any atom is -0.487 e. The van der Waals surface area contributed by atoms with Gasteiger partial charge in [-0.1, -0.05) is 67.6 Å². The number of rotatable bonds is 9. The predicted octanol–water partition coefficient (Wildman–Crippen LogP) is 7.84. The van der Waals surface area contributed by atoms with Gasteiger partial charge in [0.2, 0.25) is 5.28 Å². The fourth-order valence-electron chi connectivity index (χ4n) is 4.08. The van der Waals surface area contributed by atoms with Gasteiger partial charge in [-0.15, -0.1) is 0 Å². The smallest absolute Gasteiger partial charge is 0.225 e. The molecule has 0 unspecified atom stereocenters. The number of halogens is 2. The maximum Gasteiger partial charge on any atom is 0.225 e. The fourth-order valence-corrected chi connectivity index (χ4v) is 5.31. The Bertz CT molecular complexity index is 1550. The van der Waals surface area contributed by atoms with Gasteiger partial charge in [0.1, 0.15) is 29.9 Å². The molecule has 0 saturated carbocycles. The fraction of sp³-hybridized carbons (Fsp3) is 0.250. The van der Waals surface area contributed by atoms with E-state index in [4.69, 9.17) is 32.7 Å². The molecule has 9 heteroatoms. The largest absolute Gasteiger partial charge is 0.487 e. The zero-order valence-electron chi connectivity index (χ0n) is 21.0. The van der Waals surface area contributed by atoms with Crippen LogP contribution in [-0.4, -0.2) is 34.2 Å². The van der Waals surface area contributed by atoms with Crippen LogP contribution in [0.3, 0.4) is 0 Å². The lowest BCUT2D eigenvalue weighted by Crippen LogP contribution is -2.22. The van der Waals surface area contributed by atoms with Crippen molar-refractivity contribution in [3.8, 4) is 16.9 Å². The number of hydrogen-bond acceptors (Lipinski definition) is 5. The summed E-state index contributed by atoms with van der Waals surface area (Å²) >= 11 is 12.7. The van der Waals surface area contributed by atoms with Gasteiger partial charge in [0.15, 0.2) is 0 Å². The Hall–Kier alpha value is -2.97. The molecule has 3 aromatic heterocycles. The molecule has 0 saturated heterocycles. The Morgan fingerprint density at radius 2 is 1.78 bits per heavy atom. The van der Waals surface area contributed by atoms with Crippen molar-refractivity contribution in [2.75, 3.05) is 6.61 Å². The highest BCUT2D eigenvalue weighted by molar-refractivity contribution is 6.76. The summed E-state index contributed by atoms with van der Waals surface area (Å²) in [7, 11) is -1.19. The number of nitrogens with zero attached hydrogens (tertiary/aromatic N) is 4. The highest BCUT2D eigenvalue weighted by Gasteiger charge is 2.18. The summed E-state index contributed by atoms with van der Waals surface area (Å²) in [5, 5.41) is 2.11. The second kappa shape index (κ2) is 10.8. The van der Waals surface area contributed by atoms with Crippen LogP contribution in [0.1, 0.15) is 5.56 Å². The molecule has 0 radical (unpaired) electrons. The minimum absolute atomic E-state index is 0.105. The average Bonchev–Trinajstić information content (AvgIpc) is 3.23. The average molecular weight is 552 g/mol. The molecule has 0 atom stereocenters. The Balaban J connectivity index is 1.46. The first-order chi connectivity index (χ1) is 17.8. The number of hydrogen-bond donors (Lipinski definition) is 0. The van der Waals surface area contributed by atoms with Gasteiger partial charge in [-0.25, -0.2) is 4.98 Å². The van der Waals surface area contributed by atoms with Crippen molar-refractivity contribution < 1.29 is 9.47 Å². The van der Waals surface area contributed by atoms with Crippen molar-refractivity contribution in [2.24, 2.45) is 0 Å². The Labute approximate surface area is 227 Å². The normalized spacial score (nSPS) is 11.9. The summed E-state index contributed by atoms with van der Waals surface area (Å²) in [6, 6.07) is 19.2. The maximum atomic E-state index is 6.58. The molecular formula is C28H28Cl2N4O2Si. The summed E-state index contributed by atoms with van der Waals surface area (Å²) in [5.74, 6) is 0.708. The van der Waals surface area contributed by atoms with Crippen molar-refractivity contribution in [3.63, 3.8) is 0 Å². The van der Waals surface area contributed by atoms with Crippen LogP contribution in [0.4, 0.5) is 0 Å². The molecule has 0 bridgehead atoms. The highest BCUT2D eigenvalue weighted by Crippen LogP contribution is 2.36. The standard InChI is InChI=1S/C28H28Cl2N4O2Si/c1-37(2,3)12-11-35-18-34-16-23(25-26(29)32-28(30)33-27(25)34)20-9-10-24-21(13-20)14-22(15-31-24)36-17-19-7-5-4-6-8-19/h4-10,13-16H,11-12,17-18H2,1-3H3. The number of pyridine rings is 1. The first-order valence-electron chi connectivity index (χ1n) is 12.1. The van der Waals surface area contributed by atoms with Crippen molar-refractivity contribution in [2.45, 2.75) is 39.0 Å². The molecule has 2 aromatic carbocycles. The lowest BCUT2D eigenvalue weighted by molar-refractivity contribution is 0.0899. The summed E-state index contributed by atoms with van der Waals surface area (Å²) in [5.41, 5.74) is 4.49. The second-order valence-electron chi connectivity index (χ2n) is 10.2. The molecule has 0 spiro atoms. The van der Waals surface area contributed by atoms with Crippen molar-refractivity contribution >= 4 is 53.2 Å². The van der Waals surface area contributed by atoms with Crippen LogP contribution in [0, 0.1) is 0 Å². The molecule has 0 N–H and O–H groups in total. The molecule has 0 aliphatic heterocycles. The van der Waals surface area contributed by atoms with E-state index in [0.29, 0.717) is 36.5 Å². The van der Waals surface area contributed by atoms with Crippen LogP contribution in [0.5, 0.6) is 5.75 Å². The monoisotopic (exact) mass is 550 g/mol. The molecule has 0 fully saturated rings. The summed E-state index contributed by atoms with van der Waals surface area (Å²) in [6.07, 6.45) is 3.75. The predicted molar refractivity (Wildman–Crippen MR) is 153 cm³/mol. The van der Waals surface area contributed by atoms with E-state index in [1.165, 1.54) is 0 Å². The summed E-state index contributed by atoms with van der Waals surface area (Å²) in [6.45, 7) is 8.53. The molecule has 3 heterocycles. The molecule has 37 heavy (non-hydrogen) atoms. The lowest BCUT2D eigenvalue weighted by Gasteiger charge is -2.15. The van der Waals surface area contributed by atoms with Crippen LogP contribution >= 0.6 is 23.2 Å². The van der Waals surface area contributed by atoms with Crippen LogP contribution in [0.15, 0.2) is 67.0 Å². The van der Waals surface area contributed by atoms with E-state index in [-0.39, 0.29) is 5.28 Å². The number of benzene rings is 2. The highest BCUT2D eigenvalue weighted by atomic mass is 35.5. The summed E-state index contributed by atoms with van der Waals surface area (Å²) < 4.78 is 13.9. The first kappa shape index (κ1) is 25.7. The molecule has 5 aromatic rings. The first-order valence-corrected chi connectivity index (χ1v) is 16.6. The van der Waals surface area contributed by atoms with Gasteiger partial charge in [0, 0.05) is 31.8 Å². The van der Waals surface area contributed by atoms with E-state index in [2.05, 4.69) is 40.7 Å². The van der Waals surface area contributed by atoms with Gasteiger partial charge in [-0.3, -0.25) is 4.98 Å². The quantitative estimate of drug-likeness (QED) is 0.0808. The van der Waals surface area contributed by atoms with E-state index >= 15 is 0 Å². The van der Waals surface area contributed by atoms with Crippen LogP contribution in [-0.2, 0) is 18.1 Å². The zero-order valence-corrected chi connectivity index (χ0v) is 23.6.